The lowest BCUT2D eigenvalue weighted by atomic mass is 10.1. The zero-order valence-corrected chi connectivity index (χ0v) is 10.1. The molecule has 1 aromatic heterocycles. The van der Waals surface area contributed by atoms with Crippen LogP contribution in [0.2, 0.25) is 0 Å². The molecule has 2 N–H and O–H groups in total. The fourth-order valence-corrected chi connectivity index (χ4v) is 2.01. The maximum absolute atomic E-state index is 11.9. The third-order valence-corrected chi connectivity index (χ3v) is 3.00. The van der Waals surface area contributed by atoms with Crippen LogP contribution >= 0.6 is 0 Å². The first-order valence-electron chi connectivity index (χ1n) is 5.98. The van der Waals surface area contributed by atoms with Crippen LogP contribution in [-0.4, -0.2) is 15.1 Å². The van der Waals surface area contributed by atoms with Gasteiger partial charge in [0.25, 0.3) is 5.56 Å². The first kappa shape index (κ1) is 11.5. The van der Waals surface area contributed by atoms with Crippen molar-refractivity contribution in [2.24, 2.45) is 5.92 Å². The van der Waals surface area contributed by atoms with Crippen molar-refractivity contribution in [3.8, 4) is 0 Å². The van der Waals surface area contributed by atoms with Gasteiger partial charge in [0.2, 0.25) is 0 Å². The SMILES string of the molecule is O=c1[nH]c2ccccc2nc1/C=C(\O)C1C=CC=C1. The Morgan fingerprint density at radius 3 is 2.79 bits per heavy atom. The average Bonchev–Trinajstić information content (AvgIpc) is 2.93. The molecule has 0 unspecified atom stereocenters. The van der Waals surface area contributed by atoms with Gasteiger partial charge in [-0.3, -0.25) is 4.79 Å². The number of aromatic amines is 1. The van der Waals surface area contributed by atoms with Gasteiger partial charge in [-0.05, 0) is 12.1 Å². The number of nitrogens with one attached hydrogen (secondary N) is 1. The van der Waals surface area contributed by atoms with Crippen LogP contribution in [0.15, 0.2) is 59.1 Å². The Kier molecular flexibility index (Phi) is 2.76. The number of H-pyrrole nitrogens is 1. The maximum Gasteiger partial charge on any atom is 0.274 e. The predicted molar refractivity (Wildman–Crippen MR) is 74.7 cm³/mol. The molecule has 0 atom stereocenters. The van der Waals surface area contributed by atoms with Crippen LogP contribution in [0.4, 0.5) is 0 Å². The third kappa shape index (κ3) is 2.20. The normalized spacial score (nSPS) is 15.5. The molecular formula is C15H12N2O2. The molecule has 3 rings (SSSR count). The zero-order chi connectivity index (χ0) is 13.2. The van der Waals surface area contributed by atoms with E-state index in [-0.39, 0.29) is 22.9 Å². The van der Waals surface area contributed by atoms with E-state index in [1.165, 1.54) is 6.08 Å². The summed E-state index contributed by atoms with van der Waals surface area (Å²) in [7, 11) is 0. The van der Waals surface area contributed by atoms with Gasteiger partial charge in [-0.25, -0.2) is 4.98 Å². The maximum atomic E-state index is 11.9. The summed E-state index contributed by atoms with van der Waals surface area (Å²) < 4.78 is 0. The standard InChI is InChI=1S/C15H12N2O2/c18-14(10-5-1-2-6-10)9-13-15(19)17-12-8-4-3-7-11(12)16-13/h1-10,18H,(H,17,19)/b14-9-. The van der Waals surface area contributed by atoms with Crippen molar-refractivity contribution in [2.75, 3.05) is 0 Å². The Morgan fingerprint density at radius 1 is 1.26 bits per heavy atom. The van der Waals surface area contributed by atoms with Crippen LogP contribution in [0, 0.1) is 5.92 Å². The highest BCUT2D eigenvalue weighted by Gasteiger charge is 2.10. The minimum Gasteiger partial charge on any atom is -0.511 e. The molecule has 1 aliphatic carbocycles. The molecule has 0 saturated heterocycles. The molecular weight excluding hydrogens is 240 g/mol. The second-order valence-corrected chi connectivity index (χ2v) is 4.33. The monoisotopic (exact) mass is 252 g/mol. The Hall–Kier alpha value is -2.62. The van der Waals surface area contributed by atoms with Crippen molar-refractivity contribution in [1.29, 1.82) is 0 Å². The molecule has 1 heterocycles. The van der Waals surface area contributed by atoms with Gasteiger partial charge >= 0.3 is 0 Å². The number of aliphatic hydroxyl groups is 1. The summed E-state index contributed by atoms with van der Waals surface area (Å²) in [5.74, 6) is -0.0639. The fraction of sp³-hybridized carbons (Fsp3) is 0.0667. The summed E-state index contributed by atoms with van der Waals surface area (Å²) in [4.78, 5) is 18.9. The molecule has 0 saturated carbocycles. The summed E-state index contributed by atoms with van der Waals surface area (Å²) in [6.45, 7) is 0. The second-order valence-electron chi connectivity index (χ2n) is 4.33. The van der Waals surface area contributed by atoms with Crippen LogP contribution in [-0.2, 0) is 0 Å². The van der Waals surface area contributed by atoms with E-state index in [9.17, 15) is 9.90 Å². The first-order chi connectivity index (χ1) is 9.24. The van der Waals surface area contributed by atoms with Gasteiger partial charge in [-0.2, -0.15) is 0 Å². The Morgan fingerprint density at radius 2 is 2.00 bits per heavy atom. The van der Waals surface area contributed by atoms with E-state index < -0.39 is 0 Å². The van der Waals surface area contributed by atoms with Crippen molar-refractivity contribution in [3.05, 3.63) is 70.4 Å². The molecule has 0 spiro atoms. The van der Waals surface area contributed by atoms with E-state index in [2.05, 4.69) is 9.97 Å². The van der Waals surface area contributed by atoms with Gasteiger partial charge in [0.15, 0.2) is 0 Å². The van der Waals surface area contributed by atoms with E-state index in [4.69, 9.17) is 0 Å². The Balaban J connectivity index is 2.07. The number of aromatic nitrogens is 2. The van der Waals surface area contributed by atoms with Gasteiger partial charge in [-0.15, -0.1) is 0 Å². The highest BCUT2D eigenvalue weighted by atomic mass is 16.3. The molecule has 4 nitrogen and oxygen atoms in total. The highest BCUT2D eigenvalue weighted by Crippen LogP contribution is 2.18. The number of fused-ring (bicyclic) bond motifs is 1. The minimum absolute atomic E-state index is 0.110. The number of nitrogens with zero attached hydrogens (tertiary/aromatic N) is 1. The van der Waals surface area contributed by atoms with Crippen LogP contribution < -0.4 is 5.56 Å². The van der Waals surface area contributed by atoms with Crippen LogP contribution in [0.3, 0.4) is 0 Å². The summed E-state index contributed by atoms with van der Waals surface area (Å²) in [5.41, 5.74) is 1.28. The fourth-order valence-electron chi connectivity index (χ4n) is 2.01. The molecule has 0 fully saturated rings. The lowest BCUT2D eigenvalue weighted by molar-refractivity contribution is 0.383. The lowest BCUT2D eigenvalue weighted by Crippen LogP contribution is -2.12. The smallest absolute Gasteiger partial charge is 0.274 e. The Bertz CT molecular complexity index is 757. The van der Waals surface area contributed by atoms with Gasteiger partial charge < -0.3 is 10.1 Å². The van der Waals surface area contributed by atoms with Crippen LogP contribution in [0.5, 0.6) is 0 Å². The van der Waals surface area contributed by atoms with Crippen molar-refractivity contribution >= 4 is 17.1 Å². The molecule has 19 heavy (non-hydrogen) atoms. The predicted octanol–water partition coefficient (Wildman–Crippen LogP) is 2.56. The molecule has 0 radical (unpaired) electrons. The molecule has 1 aromatic carbocycles. The van der Waals surface area contributed by atoms with Crippen LogP contribution in [0.25, 0.3) is 17.1 Å². The van der Waals surface area contributed by atoms with Gasteiger partial charge in [0.1, 0.15) is 11.5 Å². The van der Waals surface area contributed by atoms with Crippen molar-refractivity contribution in [1.82, 2.24) is 9.97 Å². The van der Waals surface area contributed by atoms with E-state index in [0.717, 1.165) is 0 Å². The summed E-state index contributed by atoms with van der Waals surface area (Å²) in [5, 5.41) is 9.96. The first-order valence-corrected chi connectivity index (χ1v) is 5.98. The number of para-hydroxylation sites is 2. The van der Waals surface area contributed by atoms with Crippen LogP contribution in [0.1, 0.15) is 5.69 Å². The van der Waals surface area contributed by atoms with E-state index >= 15 is 0 Å². The molecule has 1 aliphatic rings. The lowest BCUT2D eigenvalue weighted by Gasteiger charge is -2.04. The number of hydrogen-bond donors (Lipinski definition) is 2. The van der Waals surface area contributed by atoms with Crippen molar-refractivity contribution in [3.63, 3.8) is 0 Å². The van der Waals surface area contributed by atoms with Gasteiger partial charge in [0.05, 0.1) is 17.0 Å². The molecule has 0 bridgehead atoms. The quantitative estimate of drug-likeness (QED) is 0.807. The molecule has 4 heteroatoms. The Labute approximate surface area is 109 Å². The van der Waals surface area contributed by atoms with E-state index in [1.807, 2.05) is 42.5 Å². The number of rotatable bonds is 2. The third-order valence-electron chi connectivity index (χ3n) is 3.00. The molecule has 0 aliphatic heterocycles. The van der Waals surface area contributed by atoms with Gasteiger partial charge in [-0.1, -0.05) is 36.4 Å². The van der Waals surface area contributed by atoms with E-state index in [0.29, 0.717) is 11.0 Å². The number of allylic oxidation sites excluding steroid dienone is 3. The molecule has 94 valence electrons. The minimum atomic E-state index is -0.309. The number of benzene rings is 1. The summed E-state index contributed by atoms with van der Waals surface area (Å²) >= 11 is 0. The summed E-state index contributed by atoms with van der Waals surface area (Å²) in [6, 6.07) is 7.29. The topological polar surface area (TPSA) is 66.0 Å². The van der Waals surface area contributed by atoms with Gasteiger partial charge in [0, 0.05) is 6.08 Å². The average molecular weight is 252 g/mol. The second kappa shape index (κ2) is 4.57. The van der Waals surface area contributed by atoms with E-state index in [1.54, 1.807) is 6.07 Å². The zero-order valence-electron chi connectivity index (χ0n) is 10.1. The largest absolute Gasteiger partial charge is 0.511 e. The number of aliphatic hydroxyl groups excluding tert-OH is 1. The summed E-state index contributed by atoms with van der Waals surface area (Å²) in [6.07, 6.45) is 8.82. The molecule has 0 amide bonds. The highest BCUT2D eigenvalue weighted by molar-refractivity contribution is 5.74. The number of hydrogen-bond acceptors (Lipinski definition) is 3. The molecule has 2 aromatic rings. The van der Waals surface area contributed by atoms with Crippen molar-refractivity contribution < 1.29 is 5.11 Å². The van der Waals surface area contributed by atoms with Crippen molar-refractivity contribution in [2.45, 2.75) is 0 Å².